The quantitative estimate of drug-likeness (QED) is 0.755. The Kier molecular flexibility index (Phi) is 6.74. The van der Waals surface area contributed by atoms with Gasteiger partial charge in [-0.1, -0.05) is 51.1 Å². The van der Waals surface area contributed by atoms with Crippen LogP contribution in [0.5, 0.6) is 0 Å². The van der Waals surface area contributed by atoms with Gasteiger partial charge in [-0.2, -0.15) is 11.8 Å². The molecule has 114 valence electrons. The van der Waals surface area contributed by atoms with Crippen molar-refractivity contribution in [3.63, 3.8) is 0 Å². The molecule has 0 amide bonds. The van der Waals surface area contributed by atoms with Crippen LogP contribution >= 0.6 is 23.1 Å². The second-order valence-corrected chi connectivity index (χ2v) is 7.63. The lowest BCUT2D eigenvalue weighted by Gasteiger charge is -2.02. The lowest BCUT2D eigenvalue weighted by molar-refractivity contribution is 0.735. The zero-order valence-electron chi connectivity index (χ0n) is 13.1. The van der Waals surface area contributed by atoms with E-state index in [2.05, 4.69) is 56.4 Å². The summed E-state index contributed by atoms with van der Waals surface area (Å²) in [5.74, 6) is 2.96. The first kappa shape index (κ1) is 16.5. The molecular weight excluding hydrogens is 296 g/mol. The summed E-state index contributed by atoms with van der Waals surface area (Å²) < 4.78 is 0. The molecule has 0 radical (unpaired) electrons. The predicted octanol–water partition coefficient (Wildman–Crippen LogP) is 4.81. The summed E-state index contributed by atoms with van der Waals surface area (Å²) in [5, 5.41) is 4.67. The molecule has 0 bridgehead atoms. The molecule has 2 rings (SSSR count). The Balaban J connectivity index is 2.15. The first-order valence-electron chi connectivity index (χ1n) is 7.53. The third-order valence-corrected chi connectivity index (χ3v) is 5.62. The highest BCUT2D eigenvalue weighted by molar-refractivity contribution is 7.98. The van der Waals surface area contributed by atoms with Crippen LogP contribution in [-0.4, -0.2) is 17.3 Å². The Morgan fingerprint density at radius 2 is 2.00 bits per heavy atom. The summed E-state index contributed by atoms with van der Waals surface area (Å²) in [6, 6.07) is 10.5. The fourth-order valence-electron chi connectivity index (χ4n) is 2.02. The van der Waals surface area contributed by atoms with Crippen LogP contribution in [0.4, 0.5) is 0 Å². The standard InChI is InChI=1S/C17H24N2S2/c1-4-18-10-15-17(14-8-6-5-7-9-14)19-16(21-15)12-20-11-13(2)3/h5-9,13,18H,4,10-12H2,1-3H3. The molecule has 21 heavy (non-hydrogen) atoms. The average molecular weight is 321 g/mol. The van der Waals surface area contributed by atoms with Crippen molar-refractivity contribution in [2.75, 3.05) is 12.3 Å². The van der Waals surface area contributed by atoms with Gasteiger partial charge in [0.2, 0.25) is 0 Å². The van der Waals surface area contributed by atoms with E-state index in [9.17, 15) is 0 Å². The highest BCUT2D eigenvalue weighted by Gasteiger charge is 2.12. The molecule has 0 aliphatic heterocycles. The van der Waals surface area contributed by atoms with Crippen molar-refractivity contribution >= 4 is 23.1 Å². The number of thioether (sulfide) groups is 1. The number of aromatic nitrogens is 1. The maximum atomic E-state index is 4.89. The van der Waals surface area contributed by atoms with Gasteiger partial charge in [0.1, 0.15) is 5.01 Å². The van der Waals surface area contributed by atoms with Crippen LogP contribution in [0.1, 0.15) is 30.7 Å². The minimum absolute atomic E-state index is 0.741. The molecule has 4 heteroatoms. The summed E-state index contributed by atoms with van der Waals surface area (Å²) in [4.78, 5) is 6.24. The molecule has 2 aromatic rings. The maximum Gasteiger partial charge on any atom is 0.103 e. The Labute approximate surface area is 136 Å². The molecule has 0 saturated heterocycles. The lowest BCUT2D eigenvalue weighted by atomic mass is 10.1. The molecule has 1 heterocycles. The first-order chi connectivity index (χ1) is 10.2. The van der Waals surface area contributed by atoms with Gasteiger partial charge in [0.05, 0.1) is 5.69 Å². The van der Waals surface area contributed by atoms with Gasteiger partial charge in [-0.3, -0.25) is 0 Å². The number of hydrogen-bond donors (Lipinski definition) is 1. The highest BCUT2D eigenvalue weighted by Crippen LogP contribution is 2.30. The summed E-state index contributed by atoms with van der Waals surface area (Å²) in [6.07, 6.45) is 0. The van der Waals surface area contributed by atoms with Gasteiger partial charge in [0.25, 0.3) is 0 Å². The number of benzene rings is 1. The molecule has 0 aliphatic carbocycles. The van der Waals surface area contributed by atoms with Crippen LogP contribution < -0.4 is 5.32 Å². The third kappa shape index (κ3) is 5.13. The molecular formula is C17H24N2S2. The summed E-state index contributed by atoms with van der Waals surface area (Å²) in [6.45, 7) is 8.57. The minimum Gasteiger partial charge on any atom is -0.312 e. The average Bonchev–Trinajstić information content (AvgIpc) is 2.89. The Morgan fingerprint density at radius 1 is 1.24 bits per heavy atom. The summed E-state index contributed by atoms with van der Waals surface area (Å²) in [5.41, 5.74) is 2.38. The molecule has 0 spiro atoms. The van der Waals surface area contributed by atoms with Gasteiger partial charge in [-0.05, 0) is 18.2 Å². The number of nitrogens with zero attached hydrogens (tertiary/aromatic N) is 1. The molecule has 0 unspecified atom stereocenters. The molecule has 0 fully saturated rings. The second kappa shape index (κ2) is 8.57. The first-order valence-corrected chi connectivity index (χ1v) is 9.50. The van der Waals surface area contributed by atoms with Gasteiger partial charge in [0.15, 0.2) is 0 Å². The van der Waals surface area contributed by atoms with Crippen LogP contribution in [0.2, 0.25) is 0 Å². The fraction of sp³-hybridized carbons (Fsp3) is 0.471. The Bertz CT molecular complexity index is 535. The van der Waals surface area contributed by atoms with Crippen LogP contribution in [0.3, 0.4) is 0 Å². The van der Waals surface area contributed by atoms with Gasteiger partial charge in [0, 0.05) is 22.7 Å². The zero-order valence-corrected chi connectivity index (χ0v) is 14.7. The molecule has 2 nitrogen and oxygen atoms in total. The summed E-state index contributed by atoms with van der Waals surface area (Å²) in [7, 11) is 0. The van der Waals surface area contributed by atoms with E-state index in [0.717, 1.165) is 30.5 Å². The molecule has 0 saturated carbocycles. The monoisotopic (exact) mass is 320 g/mol. The number of thiazole rings is 1. The van der Waals surface area contributed by atoms with Crippen LogP contribution in [0, 0.1) is 5.92 Å². The van der Waals surface area contributed by atoms with Crippen molar-refractivity contribution in [2.24, 2.45) is 5.92 Å². The minimum atomic E-state index is 0.741. The van der Waals surface area contributed by atoms with Crippen LogP contribution in [-0.2, 0) is 12.3 Å². The SMILES string of the molecule is CCNCc1sc(CSCC(C)C)nc1-c1ccccc1. The van der Waals surface area contributed by atoms with E-state index in [0.29, 0.717) is 0 Å². The molecule has 0 atom stereocenters. The van der Waals surface area contributed by atoms with Gasteiger partial charge < -0.3 is 5.32 Å². The normalized spacial score (nSPS) is 11.2. The van der Waals surface area contributed by atoms with Crippen molar-refractivity contribution in [1.82, 2.24) is 10.3 Å². The van der Waals surface area contributed by atoms with Crippen molar-refractivity contribution in [1.29, 1.82) is 0 Å². The largest absolute Gasteiger partial charge is 0.312 e. The molecule has 0 aliphatic rings. The van der Waals surface area contributed by atoms with Crippen molar-refractivity contribution in [3.8, 4) is 11.3 Å². The van der Waals surface area contributed by atoms with Crippen molar-refractivity contribution < 1.29 is 0 Å². The number of rotatable bonds is 8. The Hall–Kier alpha value is -0.840. The van der Waals surface area contributed by atoms with Crippen LogP contribution in [0.25, 0.3) is 11.3 Å². The van der Waals surface area contributed by atoms with Gasteiger partial charge in [-0.15, -0.1) is 11.3 Å². The van der Waals surface area contributed by atoms with Crippen LogP contribution in [0.15, 0.2) is 30.3 Å². The van der Waals surface area contributed by atoms with E-state index in [1.54, 1.807) is 0 Å². The molecule has 1 aromatic carbocycles. The van der Waals surface area contributed by atoms with E-state index in [4.69, 9.17) is 4.98 Å². The van der Waals surface area contributed by atoms with E-state index in [1.165, 1.54) is 21.2 Å². The van der Waals surface area contributed by atoms with Gasteiger partial charge in [-0.25, -0.2) is 4.98 Å². The smallest absolute Gasteiger partial charge is 0.103 e. The number of hydrogen-bond acceptors (Lipinski definition) is 4. The lowest BCUT2D eigenvalue weighted by Crippen LogP contribution is -2.11. The van der Waals surface area contributed by atoms with Gasteiger partial charge >= 0.3 is 0 Å². The van der Waals surface area contributed by atoms with E-state index in [-0.39, 0.29) is 0 Å². The van der Waals surface area contributed by atoms with Crippen molar-refractivity contribution in [3.05, 3.63) is 40.2 Å². The fourth-order valence-corrected chi connectivity index (χ4v) is 4.19. The maximum absolute atomic E-state index is 4.89. The predicted molar refractivity (Wildman–Crippen MR) is 95.9 cm³/mol. The van der Waals surface area contributed by atoms with E-state index < -0.39 is 0 Å². The summed E-state index contributed by atoms with van der Waals surface area (Å²) >= 11 is 3.83. The van der Waals surface area contributed by atoms with Crippen molar-refractivity contribution in [2.45, 2.75) is 33.1 Å². The van der Waals surface area contributed by atoms with E-state index >= 15 is 0 Å². The number of nitrogens with one attached hydrogen (secondary N) is 1. The molecule has 1 aromatic heterocycles. The third-order valence-electron chi connectivity index (χ3n) is 3.00. The second-order valence-electron chi connectivity index (χ2n) is 5.43. The Morgan fingerprint density at radius 3 is 2.67 bits per heavy atom. The zero-order chi connectivity index (χ0) is 15.1. The molecule has 1 N–H and O–H groups in total. The topological polar surface area (TPSA) is 24.9 Å². The highest BCUT2D eigenvalue weighted by atomic mass is 32.2. The van der Waals surface area contributed by atoms with E-state index in [1.807, 2.05) is 23.1 Å².